The van der Waals surface area contributed by atoms with Crippen molar-refractivity contribution in [3.05, 3.63) is 0 Å². The zero-order valence-electron chi connectivity index (χ0n) is 11.9. The van der Waals surface area contributed by atoms with Crippen LogP contribution in [-0.4, -0.2) is 48.8 Å². The topological polar surface area (TPSA) is 48.3 Å². The summed E-state index contributed by atoms with van der Waals surface area (Å²) in [7, 11) is 1.77. The van der Waals surface area contributed by atoms with Crippen molar-refractivity contribution in [1.29, 1.82) is 5.26 Å². The average Bonchev–Trinajstić information content (AvgIpc) is 3.32. The Kier molecular flexibility index (Phi) is 3.79. The van der Waals surface area contributed by atoms with E-state index in [4.69, 9.17) is 4.74 Å². The van der Waals surface area contributed by atoms with E-state index in [0.29, 0.717) is 12.1 Å². The highest BCUT2D eigenvalue weighted by atomic mass is 16.5. The second kappa shape index (κ2) is 5.40. The lowest BCUT2D eigenvalue weighted by atomic mass is 9.99. The molecular weight excluding hydrogens is 238 g/mol. The molecule has 0 aliphatic heterocycles. The summed E-state index contributed by atoms with van der Waals surface area (Å²) in [5, 5.41) is 13.2. The quantitative estimate of drug-likeness (QED) is 0.759. The number of hydrogen-bond donors (Lipinski definition) is 1. The minimum absolute atomic E-state index is 0.244. The summed E-state index contributed by atoms with van der Waals surface area (Å²) in [6, 6.07) is 4.53. The Morgan fingerprint density at radius 2 is 2.05 bits per heavy atom. The van der Waals surface area contributed by atoms with Gasteiger partial charge in [0, 0.05) is 31.8 Å². The van der Waals surface area contributed by atoms with Crippen LogP contribution in [0.5, 0.6) is 0 Å². The van der Waals surface area contributed by atoms with E-state index < -0.39 is 0 Å². The molecule has 0 heterocycles. The number of nitrogens with one attached hydrogen (secondary N) is 1. The van der Waals surface area contributed by atoms with Crippen molar-refractivity contribution in [1.82, 2.24) is 10.2 Å². The van der Waals surface area contributed by atoms with Gasteiger partial charge in [0.25, 0.3) is 0 Å². The van der Waals surface area contributed by atoms with Gasteiger partial charge in [-0.15, -0.1) is 0 Å². The maximum absolute atomic E-state index is 9.57. The van der Waals surface area contributed by atoms with Crippen LogP contribution in [0.15, 0.2) is 0 Å². The molecule has 0 saturated heterocycles. The van der Waals surface area contributed by atoms with E-state index in [9.17, 15) is 5.26 Å². The number of methoxy groups -OCH3 is 1. The minimum atomic E-state index is -0.244. The monoisotopic (exact) mass is 263 g/mol. The smallest absolute Gasteiger partial charge is 0.108 e. The van der Waals surface area contributed by atoms with Gasteiger partial charge in [0.05, 0.1) is 12.7 Å². The summed E-state index contributed by atoms with van der Waals surface area (Å²) in [6.07, 6.45) is 8.34. The molecule has 3 aliphatic rings. The zero-order chi connectivity index (χ0) is 13.3. The van der Waals surface area contributed by atoms with Gasteiger partial charge >= 0.3 is 0 Å². The third-order valence-electron chi connectivity index (χ3n) is 4.80. The summed E-state index contributed by atoms with van der Waals surface area (Å²) < 4.78 is 5.24. The van der Waals surface area contributed by atoms with Crippen molar-refractivity contribution in [2.24, 2.45) is 0 Å². The van der Waals surface area contributed by atoms with Crippen molar-refractivity contribution < 1.29 is 4.74 Å². The number of hydrogen-bond acceptors (Lipinski definition) is 4. The van der Waals surface area contributed by atoms with Gasteiger partial charge in [-0.1, -0.05) is 0 Å². The van der Waals surface area contributed by atoms with Crippen LogP contribution in [0.2, 0.25) is 0 Å². The molecular formula is C15H25N3O. The fourth-order valence-corrected chi connectivity index (χ4v) is 3.45. The molecule has 4 nitrogen and oxygen atoms in total. The van der Waals surface area contributed by atoms with E-state index >= 15 is 0 Å². The largest absolute Gasteiger partial charge is 0.383 e. The Bertz CT molecular complexity index is 359. The predicted octanol–water partition coefficient (Wildman–Crippen LogP) is 1.66. The van der Waals surface area contributed by atoms with Crippen LogP contribution in [0.3, 0.4) is 0 Å². The van der Waals surface area contributed by atoms with Gasteiger partial charge in [-0.25, -0.2) is 0 Å². The summed E-state index contributed by atoms with van der Waals surface area (Å²) >= 11 is 0. The van der Waals surface area contributed by atoms with Gasteiger partial charge in [-0.2, -0.15) is 5.26 Å². The molecule has 3 saturated carbocycles. The van der Waals surface area contributed by atoms with Crippen LogP contribution in [0.1, 0.15) is 44.9 Å². The van der Waals surface area contributed by atoms with E-state index in [1.807, 2.05) is 0 Å². The fraction of sp³-hybridized carbons (Fsp3) is 0.933. The number of ether oxygens (including phenoxy) is 1. The standard InChI is InChI=1S/C15H25N3O/c1-19-9-8-18(13-4-5-13)14-6-7-15(10-14,11-16)17-12-2-3-12/h12-14,17H,2-10H2,1H3. The summed E-state index contributed by atoms with van der Waals surface area (Å²) in [6.45, 7) is 1.83. The van der Waals surface area contributed by atoms with Gasteiger partial charge in [0.2, 0.25) is 0 Å². The first-order valence-electron chi connectivity index (χ1n) is 7.70. The van der Waals surface area contributed by atoms with E-state index in [2.05, 4.69) is 16.3 Å². The molecule has 19 heavy (non-hydrogen) atoms. The third-order valence-corrected chi connectivity index (χ3v) is 4.80. The zero-order valence-corrected chi connectivity index (χ0v) is 11.9. The predicted molar refractivity (Wildman–Crippen MR) is 73.7 cm³/mol. The van der Waals surface area contributed by atoms with Crippen molar-refractivity contribution >= 4 is 0 Å². The van der Waals surface area contributed by atoms with E-state index in [1.54, 1.807) is 7.11 Å². The molecule has 106 valence electrons. The van der Waals surface area contributed by atoms with E-state index in [0.717, 1.165) is 38.5 Å². The molecule has 0 amide bonds. The normalized spacial score (nSPS) is 34.7. The highest BCUT2D eigenvalue weighted by Crippen LogP contribution is 2.39. The van der Waals surface area contributed by atoms with Crippen LogP contribution in [-0.2, 0) is 4.74 Å². The molecule has 3 aliphatic carbocycles. The number of nitrogens with zero attached hydrogens (tertiary/aromatic N) is 2. The molecule has 1 N–H and O–H groups in total. The van der Waals surface area contributed by atoms with Crippen molar-refractivity contribution in [3.8, 4) is 6.07 Å². The Labute approximate surface area is 116 Å². The number of nitriles is 1. The van der Waals surface area contributed by atoms with Crippen LogP contribution < -0.4 is 5.32 Å². The molecule has 0 bridgehead atoms. The highest BCUT2D eigenvalue weighted by Gasteiger charge is 2.46. The summed E-state index contributed by atoms with van der Waals surface area (Å²) in [5.74, 6) is 0. The Balaban J connectivity index is 1.60. The Morgan fingerprint density at radius 1 is 1.26 bits per heavy atom. The lowest BCUT2D eigenvalue weighted by molar-refractivity contribution is 0.112. The second-order valence-electron chi connectivity index (χ2n) is 6.47. The lowest BCUT2D eigenvalue weighted by Crippen LogP contribution is -2.46. The van der Waals surface area contributed by atoms with Crippen LogP contribution >= 0.6 is 0 Å². The highest BCUT2D eigenvalue weighted by molar-refractivity contribution is 5.16. The summed E-state index contributed by atoms with van der Waals surface area (Å²) in [4.78, 5) is 2.61. The molecule has 0 aromatic carbocycles. The molecule has 3 fully saturated rings. The van der Waals surface area contributed by atoms with Crippen LogP contribution in [0, 0.1) is 11.3 Å². The third kappa shape index (κ3) is 3.10. The maximum Gasteiger partial charge on any atom is 0.108 e. The van der Waals surface area contributed by atoms with Crippen molar-refractivity contribution in [3.63, 3.8) is 0 Å². The second-order valence-corrected chi connectivity index (χ2v) is 6.47. The van der Waals surface area contributed by atoms with Gasteiger partial charge < -0.3 is 4.74 Å². The van der Waals surface area contributed by atoms with Gasteiger partial charge in [-0.05, 0) is 44.9 Å². The molecule has 2 unspecified atom stereocenters. The molecule has 0 aromatic rings. The first-order valence-corrected chi connectivity index (χ1v) is 7.70. The Hall–Kier alpha value is -0.630. The van der Waals surface area contributed by atoms with Gasteiger partial charge in [-0.3, -0.25) is 10.2 Å². The van der Waals surface area contributed by atoms with Gasteiger partial charge in [0.15, 0.2) is 0 Å². The molecule has 2 atom stereocenters. The molecule has 3 rings (SSSR count). The average molecular weight is 263 g/mol. The lowest BCUT2D eigenvalue weighted by Gasteiger charge is -2.30. The SMILES string of the molecule is COCCN(C1CC1)C1CCC(C#N)(NC2CC2)C1. The van der Waals surface area contributed by atoms with E-state index in [-0.39, 0.29) is 5.54 Å². The molecule has 0 aromatic heterocycles. The number of rotatable bonds is 7. The van der Waals surface area contributed by atoms with Gasteiger partial charge in [0.1, 0.15) is 5.54 Å². The van der Waals surface area contributed by atoms with Crippen molar-refractivity contribution in [2.75, 3.05) is 20.3 Å². The van der Waals surface area contributed by atoms with E-state index in [1.165, 1.54) is 25.7 Å². The summed E-state index contributed by atoms with van der Waals surface area (Å²) in [5.41, 5.74) is -0.244. The molecule has 0 radical (unpaired) electrons. The van der Waals surface area contributed by atoms with Crippen LogP contribution in [0.25, 0.3) is 0 Å². The molecule has 4 heteroatoms. The first kappa shape index (κ1) is 13.4. The Morgan fingerprint density at radius 3 is 2.63 bits per heavy atom. The maximum atomic E-state index is 9.57. The van der Waals surface area contributed by atoms with Crippen LogP contribution in [0.4, 0.5) is 0 Å². The first-order chi connectivity index (χ1) is 9.26. The molecule has 0 spiro atoms. The minimum Gasteiger partial charge on any atom is -0.383 e. The van der Waals surface area contributed by atoms with Crippen molar-refractivity contribution in [2.45, 2.75) is 68.6 Å². The fourth-order valence-electron chi connectivity index (χ4n) is 3.45.